The van der Waals surface area contributed by atoms with Crippen molar-refractivity contribution in [3.63, 3.8) is 0 Å². The topological polar surface area (TPSA) is 99.0 Å². The van der Waals surface area contributed by atoms with Crippen LogP contribution in [0.2, 0.25) is 0 Å². The highest BCUT2D eigenvalue weighted by Gasteiger charge is 2.30. The third-order valence-electron chi connectivity index (χ3n) is 5.51. The number of nitrogens with zero attached hydrogens (tertiary/aromatic N) is 4. The van der Waals surface area contributed by atoms with Crippen molar-refractivity contribution >= 4 is 28.6 Å². The quantitative estimate of drug-likeness (QED) is 0.684. The minimum atomic E-state index is -0.186. The lowest BCUT2D eigenvalue weighted by molar-refractivity contribution is -0.147. The summed E-state index contributed by atoms with van der Waals surface area (Å²) < 4.78 is 6.56. The zero-order valence-corrected chi connectivity index (χ0v) is 16.5. The second-order valence-electron chi connectivity index (χ2n) is 7.47. The van der Waals surface area contributed by atoms with Gasteiger partial charge in [0.2, 0.25) is 5.91 Å². The molecule has 0 unspecified atom stereocenters. The fraction of sp³-hybridized carbons (Fsp3) is 0.381. The predicted molar refractivity (Wildman–Crippen MR) is 108 cm³/mol. The van der Waals surface area contributed by atoms with E-state index in [1.807, 2.05) is 43.7 Å². The number of nitrogens with one attached hydrogen (secondary N) is 1. The van der Waals surface area contributed by atoms with Crippen LogP contribution in [0, 0.1) is 11.8 Å². The highest BCUT2D eigenvalue weighted by molar-refractivity contribution is 5.94. The average Bonchev–Trinajstić information content (AvgIpc) is 3.19. The fourth-order valence-corrected chi connectivity index (χ4v) is 3.84. The Morgan fingerprint density at radius 3 is 2.52 bits per heavy atom. The molecule has 0 saturated heterocycles. The zero-order valence-electron chi connectivity index (χ0n) is 16.5. The Labute approximate surface area is 168 Å². The second-order valence-corrected chi connectivity index (χ2v) is 7.47. The van der Waals surface area contributed by atoms with Crippen LogP contribution in [-0.2, 0) is 21.4 Å². The molecule has 8 heteroatoms. The smallest absolute Gasteiger partial charge is 0.308 e. The fourth-order valence-electron chi connectivity index (χ4n) is 3.84. The van der Waals surface area contributed by atoms with E-state index < -0.39 is 0 Å². The third-order valence-corrected chi connectivity index (χ3v) is 5.51. The van der Waals surface area contributed by atoms with Crippen molar-refractivity contribution in [1.82, 2.24) is 20.0 Å². The Hall–Kier alpha value is -3.29. The molecule has 8 nitrogen and oxygen atoms in total. The first-order valence-electron chi connectivity index (χ1n) is 9.68. The van der Waals surface area contributed by atoms with E-state index in [-0.39, 0.29) is 23.7 Å². The van der Waals surface area contributed by atoms with Crippen LogP contribution in [0.3, 0.4) is 0 Å². The van der Waals surface area contributed by atoms with Crippen LogP contribution in [-0.4, -0.2) is 39.0 Å². The van der Waals surface area contributed by atoms with Gasteiger partial charge in [0.25, 0.3) is 0 Å². The lowest BCUT2D eigenvalue weighted by Gasteiger charge is -2.25. The van der Waals surface area contributed by atoms with Crippen molar-refractivity contribution in [2.24, 2.45) is 18.9 Å². The lowest BCUT2D eigenvalue weighted by Crippen LogP contribution is -2.30. The molecule has 1 aliphatic rings. The third kappa shape index (κ3) is 4.11. The number of carbonyl (C=O) groups is 2. The summed E-state index contributed by atoms with van der Waals surface area (Å²) in [6.45, 7) is 0. The molecular weight excluding hydrogens is 370 g/mol. The molecule has 1 amide bonds. The maximum atomic E-state index is 12.6. The van der Waals surface area contributed by atoms with Gasteiger partial charge >= 0.3 is 5.97 Å². The predicted octanol–water partition coefficient (Wildman–Crippen LogP) is 2.95. The van der Waals surface area contributed by atoms with Crippen LogP contribution in [0.15, 0.2) is 36.7 Å². The van der Waals surface area contributed by atoms with E-state index >= 15 is 0 Å². The number of hydrogen-bond acceptors (Lipinski definition) is 6. The van der Waals surface area contributed by atoms with Crippen molar-refractivity contribution in [3.05, 3.63) is 36.7 Å². The van der Waals surface area contributed by atoms with Crippen molar-refractivity contribution in [3.8, 4) is 11.1 Å². The standard InChI is InChI=1S/C21H23N5O3/c1-26-12-17(11-22-26)15-7-8-18-16(9-15)10-19(25-24-18)23-20(27)13-3-5-14(6-4-13)21(28)29-2/h7-14H,3-6H2,1-2H3,(H,23,25,27)/t13-,14-. The minimum absolute atomic E-state index is 0.0784. The second kappa shape index (κ2) is 7.98. The van der Waals surface area contributed by atoms with Crippen molar-refractivity contribution in [2.75, 3.05) is 12.4 Å². The van der Waals surface area contributed by atoms with Crippen LogP contribution < -0.4 is 5.32 Å². The molecule has 0 atom stereocenters. The summed E-state index contributed by atoms with van der Waals surface area (Å²) in [5.74, 6) is -0.0643. The van der Waals surface area contributed by atoms with E-state index in [1.165, 1.54) is 7.11 Å². The zero-order chi connectivity index (χ0) is 20.4. The molecule has 0 aliphatic heterocycles. The SMILES string of the molecule is COC(=O)[C@H]1CC[C@H](C(=O)Nc2cc3cc(-c4cnn(C)c4)ccc3nn2)CC1. The molecule has 2 aromatic heterocycles. The number of aryl methyl sites for hydroxylation is 1. The molecule has 29 heavy (non-hydrogen) atoms. The van der Waals surface area contributed by atoms with Gasteiger partial charge in [-0.3, -0.25) is 14.3 Å². The Morgan fingerprint density at radius 2 is 1.83 bits per heavy atom. The van der Waals surface area contributed by atoms with Gasteiger partial charge in [0, 0.05) is 30.1 Å². The monoisotopic (exact) mass is 393 g/mol. The van der Waals surface area contributed by atoms with E-state index in [0.29, 0.717) is 31.5 Å². The van der Waals surface area contributed by atoms with E-state index in [2.05, 4.69) is 20.6 Å². The van der Waals surface area contributed by atoms with Gasteiger partial charge in [-0.05, 0) is 49.4 Å². The van der Waals surface area contributed by atoms with Crippen LogP contribution in [0.5, 0.6) is 0 Å². The van der Waals surface area contributed by atoms with E-state index in [1.54, 1.807) is 4.68 Å². The number of methoxy groups -OCH3 is 1. The van der Waals surface area contributed by atoms with Gasteiger partial charge in [0.1, 0.15) is 0 Å². The van der Waals surface area contributed by atoms with Crippen molar-refractivity contribution in [2.45, 2.75) is 25.7 Å². The van der Waals surface area contributed by atoms with Gasteiger partial charge in [-0.15, -0.1) is 10.2 Å². The number of aromatic nitrogens is 4. The minimum Gasteiger partial charge on any atom is -0.469 e. The van der Waals surface area contributed by atoms with Gasteiger partial charge in [0.05, 0.1) is 24.7 Å². The molecular formula is C21H23N5O3. The van der Waals surface area contributed by atoms with Gasteiger partial charge in [-0.1, -0.05) is 6.07 Å². The van der Waals surface area contributed by atoms with Crippen LogP contribution in [0.1, 0.15) is 25.7 Å². The number of carbonyl (C=O) groups excluding carboxylic acids is 2. The summed E-state index contributed by atoms with van der Waals surface area (Å²) in [6.07, 6.45) is 6.42. The van der Waals surface area contributed by atoms with Gasteiger partial charge in [0.15, 0.2) is 5.82 Å². The maximum Gasteiger partial charge on any atom is 0.308 e. The number of esters is 1. The molecule has 0 radical (unpaired) electrons. The summed E-state index contributed by atoms with van der Waals surface area (Å²) in [5.41, 5.74) is 2.80. The summed E-state index contributed by atoms with van der Waals surface area (Å²) in [6, 6.07) is 7.73. The van der Waals surface area contributed by atoms with Crippen LogP contribution in [0.25, 0.3) is 22.0 Å². The molecule has 1 fully saturated rings. The highest BCUT2D eigenvalue weighted by Crippen LogP contribution is 2.30. The molecule has 1 aliphatic carbocycles. The number of hydrogen-bond donors (Lipinski definition) is 1. The first-order chi connectivity index (χ1) is 14.0. The van der Waals surface area contributed by atoms with Crippen molar-refractivity contribution in [1.29, 1.82) is 0 Å². The lowest BCUT2D eigenvalue weighted by atomic mass is 9.81. The first kappa shape index (κ1) is 19.0. The highest BCUT2D eigenvalue weighted by atomic mass is 16.5. The summed E-state index contributed by atoms with van der Waals surface area (Å²) in [4.78, 5) is 24.3. The number of rotatable bonds is 4. The molecule has 1 saturated carbocycles. The largest absolute Gasteiger partial charge is 0.469 e. The number of ether oxygens (including phenoxy) is 1. The van der Waals surface area contributed by atoms with E-state index in [9.17, 15) is 9.59 Å². The summed E-state index contributed by atoms with van der Waals surface area (Å²) in [7, 11) is 3.28. The van der Waals surface area contributed by atoms with Crippen LogP contribution >= 0.6 is 0 Å². The molecule has 1 N–H and O–H groups in total. The normalized spacial score (nSPS) is 19.1. The molecule has 3 aromatic rings. The molecule has 150 valence electrons. The molecule has 4 rings (SSSR count). The average molecular weight is 393 g/mol. The van der Waals surface area contributed by atoms with Gasteiger partial charge in [-0.2, -0.15) is 5.10 Å². The molecule has 0 spiro atoms. The molecule has 2 heterocycles. The van der Waals surface area contributed by atoms with E-state index in [0.717, 1.165) is 22.0 Å². The van der Waals surface area contributed by atoms with Crippen LogP contribution in [0.4, 0.5) is 5.82 Å². The number of fused-ring (bicyclic) bond motifs is 1. The van der Waals surface area contributed by atoms with Crippen molar-refractivity contribution < 1.29 is 14.3 Å². The number of benzene rings is 1. The number of amides is 1. The Bertz CT molecular complexity index is 1050. The van der Waals surface area contributed by atoms with Gasteiger partial charge < -0.3 is 10.1 Å². The summed E-state index contributed by atoms with van der Waals surface area (Å²) >= 11 is 0. The Morgan fingerprint density at radius 1 is 1.07 bits per heavy atom. The molecule has 1 aromatic carbocycles. The maximum absolute atomic E-state index is 12.6. The van der Waals surface area contributed by atoms with Gasteiger partial charge in [-0.25, -0.2) is 0 Å². The Kier molecular flexibility index (Phi) is 5.24. The Balaban J connectivity index is 1.46. The van der Waals surface area contributed by atoms with E-state index in [4.69, 9.17) is 4.74 Å². The molecule has 0 bridgehead atoms. The summed E-state index contributed by atoms with van der Waals surface area (Å²) in [5, 5.41) is 16.3. The number of anilines is 1. The first-order valence-corrected chi connectivity index (χ1v) is 9.68.